The van der Waals surface area contributed by atoms with Gasteiger partial charge in [-0.15, -0.1) is 0 Å². The number of hydrogen-bond donors (Lipinski definition) is 1. The fraction of sp³-hybridized carbons (Fsp3) is 0.562. The Labute approximate surface area is 124 Å². The van der Waals surface area contributed by atoms with Gasteiger partial charge in [0.1, 0.15) is 0 Å². The normalized spacial score (nSPS) is 25.1. The van der Waals surface area contributed by atoms with E-state index in [1.807, 2.05) is 19.1 Å². The molecule has 2 atom stereocenters. The number of hydrogen-bond acceptors (Lipinski definition) is 3. The minimum atomic E-state index is -0.765. The Morgan fingerprint density at radius 3 is 2.67 bits per heavy atom. The van der Waals surface area contributed by atoms with E-state index in [0.29, 0.717) is 25.4 Å². The van der Waals surface area contributed by atoms with E-state index < -0.39 is 11.9 Å². The second kappa shape index (κ2) is 5.47. The zero-order valence-corrected chi connectivity index (χ0v) is 12.2. The number of pyridine rings is 1. The van der Waals surface area contributed by atoms with Gasteiger partial charge in [0, 0.05) is 25.0 Å². The first-order valence-corrected chi connectivity index (χ1v) is 7.46. The molecule has 1 aliphatic heterocycles. The van der Waals surface area contributed by atoms with Crippen LogP contribution in [0.4, 0.5) is 0 Å². The number of carbonyl (C=O) groups excluding carboxylic acids is 1. The van der Waals surface area contributed by atoms with Gasteiger partial charge in [-0.05, 0) is 43.2 Å². The predicted octanol–water partition coefficient (Wildman–Crippen LogP) is 1.50. The second-order valence-corrected chi connectivity index (χ2v) is 6.23. The van der Waals surface area contributed by atoms with E-state index in [9.17, 15) is 14.7 Å². The minimum Gasteiger partial charge on any atom is -0.481 e. The number of rotatable bonds is 4. The number of carbonyl (C=O) groups is 2. The number of carboxylic acids is 1. The summed E-state index contributed by atoms with van der Waals surface area (Å²) in [5.41, 5.74) is 1.81. The average Bonchev–Trinajstić information content (AvgIpc) is 3.19. The molecule has 5 heteroatoms. The van der Waals surface area contributed by atoms with Gasteiger partial charge >= 0.3 is 5.97 Å². The molecule has 2 heterocycles. The molecule has 21 heavy (non-hydrogen) atoms. The third-order valence-corrected chi connectivity index (χ3v) is 4.59. The Hall–Kier alpha value is -1.91. The Bertz CT molecular complexity index is 551. The van der Waals surface area contributed by atoms with Crippen molar-refractivity contribution in [1.82, 2.24) is 9.88 Å². The van der Waals surface area contributed by atoms with Crippen molar-refractivity contribution in [1.29, 1.82) is 0 Å². The van der Waals surface area contributed by atoms with Crippen LogP contribution in [-0.4, -0.2) is 40.0 Å². The van der Waals surface area contributed by atoms with Crippen LogP contribution in [0.1, 0.15) is 24.1 Å². The largest absolute Gasteiger partial charge is 0.481 e. The lowest BCUT2D eigenvalue weighted by atomic mass is 9.92. The molecule has 2 aliphatic rings. The molecule has 1 aromatic heterocycles. The smallest absolute Gasteiger partial charge is 0.308 e. The number of aromatic nitrogens is 1. The summed E-state index contributed by atoms with van der Waals surface area (Å²) < 4.78 is 0. The van der Waals surface area contributed by atoms with Crippen molar-refractivity contribution < 1.29 is 14.7 Å². The van der Waals surface area contributed by atoms with Gasteiger partial charge in [-0.25, -0.2) is 0 Å². The van der Waals surface area contributed by atoms with E-state index in [0.717, 1.165) is 24.1 Å². The lowest BCUT2D eigenvalue weighted by Crippen LogP contribution is -2.31. The molecule has 112 valence electrons. The SMILES string of the molecule is Cc1ccc(CC(=O)N2C[C@H](C(=O)O)[C@@H](C3CC3)C2)cn1. The molecule has 1 saturated heterocycles. The van der Waals surface area contributed by atoms with Crippen LogP contribution in [-0.2, 0) is 16.0 Å². The summed E-state index contributed by atoms with van der Waals surface area (Å²) >= 11 is 0. The van der Waals surface area contributed by atoms with Crippen molar-refractivity contribution in [2.75, 3.05) is 13.1 Å². The van der Waals surface area contributed by atoms with Crippen molar-refractivity contribution in [3.05, 3.63) is 29.6 Å². The number of nitrogens with zero attached hydrogens (tertiary/aromatic N) is 2. The van der Waals surface area contributed by atoms with Crippen molar-refractivity contribution >= 4 is 11.9 Å². The molecule has 0 spiro atoms. The van der Waals surface area contributed by atoms with Gasteiger partial charge < -0.3 is 10.0 Å². The highest BCUT2D eigenvalue weighted by Gasteiger charge is 2.46. The summed E-state index contributed by atoms with van der Waals surface area (Å²) in [5.74, 6) is -0.501. The van der Waals surface area contributed by atoms with Crippen LogP contribution in [0.25, 0.3) is 0 Å². The minimum absolute atomic E-state index is 0.00931. The predicted molar refractivity (Wildman–Crippen MR) is 76.6 cm³/mol. The highest BCUT2D eigenvalue weighted by atomic mass is 16.4. The standard InChI is InChI=1S/C16H20N2O3/c1-10-2-3-11(7-17-10)6-15(19)18-8-13(12-4-5-12)14(9-18)16(20)21/h2-3,7,12-14H,4-6,8-9H2,1H3,(H,20,21)/t13-,14+/m1/s1. The van der Waals surface area contributed by atoms with Crippen LogP contribution >= 0.6 is 0 Å². The van der Waals surface area contributed by atoms with Crippen LogP contribution in [0.15, 0.2) is 18.3 Å². The van der Waals surface area contributed by atoms with E-state index in [-0.39, 0.29) is 11.8 Å². The summed E-state index contributed by atoms with van der Waals surface area (Å²) in [6, 6.07) is 3.79. The van der Waals surface area contributed by atoms with Crippen LogP contribution in [0, 0.1) is 24.7 Å². The molecule has 1 aliphatic carbocycles. The van der Waals surface area contributed by atoms with E-state index in [2.05, 4.69) is 4.98 Å². The van der Waals surface area contributed by atoms with Crippen molar-refractivity contribution in [2.24, 2.45) is 17.8 Å². The summed E-state index contributed by atoms with van der Waals surface area (Å²) in [6.07, 6.45) is 4.24. The van der Waals surface area contributed by atoms with E-state index in [1.165, 1.54) is 0 Å². The lowest BCUT2D eigenvalue weighted by Gasteiger charge is -2.16. The lowest BCUT2D eigenvalue weighted by molar-refractivity contribution is -0.142. The van der Waals surface area contributed by atoms with Gasteiger partial charge in [-0.2, -0.15) is 0 Å². The van der Waals surface area contributed by atoms with Gasteiger partial charge in [0.05, 0.1) is 12.3 Å². The highest BCUT2D eigenvalue weighted by Crippen LogP contribution is 2.44. The topological polar surface area (TPSA) is 70.5 Å². The van der Waals surface area contributed by atoms with Crippen LogP contribution in [0.3, 0.4) is 0 Å². The third kappa shape index (κ3) is 3.06. The summed E-state index contributed by atoms with van der Waals surface area (Å²) in [4.78, 5) is 29.6. The zero-order chi connectivity index (χ0) is 15.0. The molecule has 2 fully saturated rings. The van der Waals surface area contributed by atoms with Gasteiger partial charge in [0.15, 0.2) is 0 Å². The number of likely N-dealkylation sites (tertiary alicyclic amines) is 1. The molecular weight excluding hydrogens is 268 g/mol. The number of aliphatic carboxylic acids is 1. The third-order valence-electron chi connectivity index (χ3n) is 4.59. The molecule has 0 unspecified atom stereocenters. The summed E-state index contributed by atoms with van der Waals surface area (Å²) in [6.45, 7) is 2.86. The molecule has 3 rings (SSSR count). The van der Waals surface area contributed by atoms with Crippen molar-refractivity contribution in [3.63, 3.8) is 0 Å². The molecule has 1 N–H and O–H groups in total. The number of aryl methyl sites for hydroxylation is 1. The molecule has 5 nitrogen and oxygen atoms in total. The van der Waals surface area contributed by atoms with E-state index in [4.69, 9.17) is 0 Å². The summed E-state index contributed by atoms with van der Waals surface area (Å²) in [7, 11) is 0. The highest BCUT2D eigenvalue weighted by molar-refractivity contribution is 5.81. The maximum Gasteiger partial charge on any atom is 0.308 e. The summed E-state index contributed by atoms with van der Waals surface area (Å²) in [5, 5.41) is 9.33. The number of amides is 1. The first kappa shape index (κ1) is 14.0. The first-order chi connectivity index (χ1) is 10.0. The van der Waals surface area contributed by atoms with Gasteiger partial charge in [-0.1, -0.05) is 6.07 Å². The Kier molecular flexibility index (Phi) is 3.66. The fourth-order valence-electron chi connectivity index (χ4n) is 3.19. The average molecular weight is 288 g/mol. The molecule has 1 saturated carbocycles. The molecular formula is C16H20N2O3. The van der Waals surface area contributed by atoms with Gasteiger partial charge in [0.25, 0.3) is 0 Å². The monoisotopic (exact) mass is 288 g/mol. The van der Waals surface area contributed by atoms with Gasteiger partial charge in [0.2, 0.25) is 5.91 Å². The fourth-order valence-corrected chi connectivity index (χ4v) is 3.19. The van der Waals surface area contributed by atoms with Crippen molar-refractivity contribution in [2.45, 2.75) is 26.2 Å². The second-order valence-electron chi connectivity index (χ2n) is 6.23. The molecule has 1 aromatic rings. The zero-order valence-electron chi connectivity index (χ0n) is 12.2. The number of carboxylic acid groups (broad SMARTS) is 1. The maximum absolute atomic E-state index is 12.4. The molecule has 0 bridgehead atoms. The van der Waals surface area contributed by atoms with Crippen LogP contribution in [0.2, 0.25) is 0 Å². The molecule has 1 amide bonds. The van der Waals surface area contributed by atoms with E-state index in [1.54, 1.807) is 11.1 Å². The van der Waals surface area contributed by atoms with Gasteiger partial charge in [-0.3, -0.25) is 14.6 Å². The Morgan fingerprint density at radius 1 is 1.33 bits per heavy atom. The quantitative estimate of drug-likeness (QED) is 0.911. The van der Waals surface area contributed by atoms with Crippen LogP contribution in [0.5, 0.6) is 0 Å². The Balaban J connectivity index is 1.65. The van der Waals surface area contributed by atoms with E-state index >= 15 is 0 Å². The Morgan fingerprint density at radius 2 is 2.10 bits per heavy atom. The van der Waals surface area contributed by atoms with Crippen LogP contribution < -0.4 is 0 Å². The molecule has 0 aromatic carbocycles. The van der Waals surface area contributed by atoms with Crippen molar-refractivity contribution in [3.8, 4) is 0 Å². The maximum atomic E-state index is 12.4. The first-order valence-electron chi connectivity index (χ1n) is 7.46. The molecule has 0 radical (unpaired) electrons.